The zero-order valence-electron chi connectivity index (χ0n) is 26.7. The van der Waals surface area contributed by atoms with Crippen LogP contribution in [0.15, 0.2) is 11.6 Å². The van der Waals surface area contributed by atoms with Gasteiger partial charge < -0.3 is 14.7 Å². The van der Waals surface area contributed by atoms with E-state index in [0.29, 0.717) is 24.7 Å². The maximum absolute atomic E-state index is 14.0. The number of ether oxygens (including phenoxy) is 1. The number of hydrogen-bond acceptors (Lipinski definition) is 6. The topological polar surface area (TPSA) is 98.9 Å². The van der Waals surface area contributed by atoms with E-state index >= 15 is 0 Å². The molecule has 0 saturated heterocycles. The summed E-state index contributed by atoms with van der Waals surface area (Å²) in [5.41, 5.74) is 1.59. The molecular formula is C34H55NO6. The molecule has 7 nitrogen and oxygen atoms in total. The molecule has 4 saturated carbocycles. The minimum atomic E-state index is -0.771. The number of aliphatic hydroxyl groups is 1. The van der Waals surface area contributed by atoms with Gasteiger partial charge in [0.2, 0.25) is 0 Å². The van der Waals surface area contributed by atoms with Crippen LogP contribution in [0.4, 0.5) is 0 Å². The lowest BCUT2D eigenvalue weighted by Crippen LogP contribution is -2.65. The van der Waals surface area contributed by atoms with E-state index in [1.807, 2.05) is 0 Å². The van der Waals surface area contributed by atoms with E-state index in [4.69, 9.17) is 4.74 Å². The Bertz CT molecular complexity index is 1080. The van der Waals surface area contributed by atoms with E-state index in [2.05, 4.69) is 59.4 Å². The molecule has 0 aliphatic heterocycles. The number of rotatable bonds is 7. The molecular weight excluding hydrogens is 518 g/mol. The van der Waals surface area contributed by atoms with Gasteiger partial charge in [-0.05, 0) is 122 Å². The van der Waals surface area contributed by atoms with E-state index < -0.39 is 10.5 Å². The monoisotopic (exact) mass is 573 g/mol. The molecule has 0 heterocycles. The van der Waals surface area contributed by atoms with Crippen molar-refractivity contribution in [3.05, 3.63) is 21.8 Å². The summed E-state index contributed by atoms with van der Waals surface area (Å²) < 4.78 is 5.97. The van der Waals surface area contributed by atoms with E-state index in [1.54, 1.807) is 0 Å². The maximum atomic E-state index is 14.0. The molecule has 41 heavy (non-hydrogen) atoms. The quantitative estimate of drug-likeness (QED) is 0.110. The van der Waals surface area contributed by atoms with Crippen LogP contribution in [-0.4, -0.2) is 35.5 Å². The number of nitrogens with zero attached hydrogens (tertiary/aromatic N) is 1. The molecule has 8 atom stereocenters. The van der Waals surface area contributed by atoms with Gasteiger partial charge in [-0.2, -0.15) is 0 Å². The van der Waals surface area contributed by atoms with Gasteiger partial charge in [0.1, 0.15) is 0 Å². The molecule has 0 amide bonds. The molecule has 5 aliphatic carbocycles. The van der Waals surface area contributed by atoms with Crippen LogP contribution in [0.25, 0.3) is 0 Å². The van der Waals surface area contributed by atoms with Gasteiger partial charge in [0.25, 0.3) is 5.09 Å². The van der Waals surface area contributed by atoms with Crippen LogP contribution >= 0.6 is 0 Å². The fourth-order valence-corrected chi connectivity index (χ4v) is 11.3. The molecule has 5 rings (SSSR count). The molecule has 0 spiro atoms. The standard InChI is InChI=1S/C34H55NO6/c1-29(2)16-18-34(28(37)40-20-8-9-21-41-35(38)39)19-17-32(6)23(24(34)22-29)10-11-26-31(5)14-13-27(36)30(3,4)25(31)12-15-33(26,32)7/h10,24-27,36H,8-9,11-22H2,1-7H3/t24-,25-,26+,27-,31-,32+,33+,34-/m0/s1. The number of unbranched alkanes of at least 4 members (excludes halogenated alkanes) is 1. The summed E-state index contributed by atoms with van der Waals surface area (Å²) in [4.78, 5) is 28.8. The minimum Gasteiger partial charge on any atom is -0.465 e. The molecule has 0 aromatic carbocycles. The van der Waals surface area contributed by atoms with Crippen molar-refractivity contribution in [3.63, 3.8) is 0 Å². The van der Waals surface area contributed by atoms with Gasteiger partial charge in [-0.25, -0.2) is 0 Å². The number of carbonyl (C=O) groups excluding carboxylic acids is 1. The third-order valence-electron chi connectivity index (χ3n) is 14.0. The van der Waals surface area contributed by atoms with E-state index in [9.17, 15) is 20.0 Å². The second-order valence-corrected chi connectivity index (χ2v) is 16.6. The second-order valence-electron chi connectivity index (χ2n) is 16.6. The SMILES string of the molecule is CC1(C)CC[C@]2(C(=O)OCCCCO[N+](=O)[O-])CC[C@]3(C)C(=CC[C@@H]4[C@@]5(C)CC[C@H](O)C(C)(C)[C@@H]5CC[C@]43C)[C@@H]2C1. The molecule has 5 aliphatic rings. The zero-order valence-corrected chi connectivity index (χ0v) is 26.7. The maximum Gasteiger partial charge on any atom is 0.312 e. The Hall–Kier alpha value is -1.63. The Morgan fingerprint density at radius 1 is 0.951 bits per heavy atom. The summed E-state index contributed by atoms with van der Waals surface area (Å²) in [5, 5.41) is 20.6. The highest BCUT2D eigenvalue weighted by atomic mass is 16.9. The van der Waals surface area contributed by atoms with Crippen molar-refractivity contribution in [2.75, 3.05) is 13.2 Å². The van der Waals surface area contributed by atoms with Gasteiger partial charge in [0.05, 0.1) is 24.7 Å². The summed E-state index contributed by atoms with van der Waals surface area (Å²) >= 11 is 0. The summed E-state index contributed by atoms with van der Waals surface area (Å²) in [6.45, 7) is 17.3. The van der Waals surface area contributed by atoms with Gasteiger partial charge in [0.15, 0.2) is 0 Å². The van der Waals surface area contributed by atoms with Crippen LogP contribution in [-0.2, 0) is 14.4 Å². The largest absolute Gasteiger partial charge is 0.465 e. The molecule has 0 unspecified atom stereocenters. The van der Waals surface area contributed by atoms with Crippen LogP contribution in [0.2, 0.25) is 0 Å². The smallest absolute Gasteiger partial charge is 0.312 e. The molecule has 232 valence electrons. The predicted octanol–water partition coefficient (Wildman–Crippen LogP) is 7.68. The Kier molecular flexibility index (Phi) is 7.69. The number of carbonyl (C=O) groups is 1. The third kappa shape index (κ3) is 4.66. The number of fused-ring (bicyclic) bond motifs is 7. The first-order chi connectivity index (χ1) is 19.0. The van der Waals surface area contributed by atoms with Crippen LogP contribution in [0.3, 0.4) is 0 Å². The number of esters is 1. The molecule has 7 heteroatoms. The molecule has 0 radical (unpaired) electrons. The van der Waals surface area contributed by atoms with Crippen molar-refractivity contribution in [1.29, 1.82) is 0 Å². The lowest BCUT2D eigenvalue weighted by atomic mass is 9.33. The fraction of sp³-hybridized carbons (Fsp3) is 0.912. The molecule has 0 aromatic rings. The van der Waals surface area contributed by atoms with Gasteiger partial charge in [-0.1, -0.05) is 60.1 Å². The van der Waals surface area contributed by atoms with Gasteiger partial charge in [-0.3, -0.25) is 4.79 Å². The molecule has 0 bridgehead atoms. The Labute approximate surface area is 247 Å². The average Bonchev–Trinajstić information content (AvgIpc) is 2.88. The molecule has 1 N–H and O–H groups in total. The lowest BCUT2D eigenvalue weighted by molar-refractivity contribution is -0.757. The summed E-state index contributed by atoms with van der Waals surface area (Å²) in [6, 6.07) is 0. The average molecular weight is 574 g/mol. The summed E-state index contributed by atoms with van der Waals surface area (Å²) in [5.74, 6) is 1.24. The van der Waals surface area contributed by atoms with E-state index in [0.717, 1.165) is 51.4 Å². The first-order valence-corrected chi connectivity index (χ1v) is 16.4. The van der Waals surface area contributed by atoms with Crippen LogP contribution in [0.5, 0.6) is 0 Å². The van der Waals surface area contributed by atoms with Crippen LogP contribution < -0.4 is 0 Å². The van der Waals surface area contributed by atoms with Crippen molar-refractivity contribution in [3.8, 4) is 0 Å². The van der Waals surface area contributed by atoms with Crippen molar-refractivity contribution in [2.24, 2.45) is 50.2 Å². The Balaban J connectivity index is 1.43. The number of allylic oxidation sites excluding steroid dienone is 2. The van der Waals surface area contributed by atoms with Gasteiger partial charge in [-0.15, -0.1) is 10.1 Å². The third-order valence-corrected chi connectivity index (χ3v) is 14.0. The van der Waals surface area contributed by atoms with Crippen molar-refractivity contribution in [2.45, 2.75) is 132 Å². The van der Waals surface area contributed by atoms with Crippen molar-refractivity contribution < 1.29 is 24.6 Å². The van der Waals surface area contributed by atoms with E-state index in [-0.39, 0.29) is 58.3 Å². The van der Waals surface area contributed by atoms with Crippen molar-refractivity contribution >= 4 is 5.97 Å². The zero-order chi connectivity index (χ0) is 30.1. The number of aliphatic hydroxyl groups excluding tert-OH is 1. The van der Waals surface area contributed by atoms with Gasteiger partial charge >= 0.3 is 5.97 Å². The second kappa shape index (κ2) is 10.2. The normalized spacial score (nSPS) is 44.2. The Morgan fingerprint density at radius 3 is 2.34 bits per heavy atom. The summed E-state index contributed by atoms with van der Waals surface area (Å²) in [7, 11) is 0. The lowest BCUT2D eigenvalue weighted by Gasteiger charge is -2.71. The minimum absolute atomic E-state index is 0.0351. The van der Waals surface area contributed by atoms with Crippen LogP contribution in [0.1, 0.15) is 126 Å². The number of hydrogen-bond donors (Lipinski definition) is 1. The Morgan fingerprint density at radius 2 is 1.63 bits per heavy atom. The van der Waals surface area contributed by atoms with Crippen molar-refractivity contribution in [1.82, 2.24) is 0 Å². The first kappa shape index (κ1) is 30.8. The summed E-state index contributed by atoms with van der Waals surface area (Å²) in [6.07, 6.45) is 13.6. The highest BCUT2D eigenvalue weighted by molar-refractivity contribution is 5.78. The highest BCUT2D eigenvalue weighted by Gasteiger charge is 2.69. The first-order valence-electron chi connectivity index (χ1n) is 16.4. The molecule has 4 fully saturated rings. The van der Waals surface area contributed by atoms with Gasteiger partial charge in [0, 0.05) is 0 Å². The van der Waals surface area contributed by atoms with Crippen LogP contribution in [0, 0.1) is 60.4 Å². The fourth-order valence-electron chi connectivity index (χ4n) is 11.3. The van der Waals surface area contributed by atoms with E-state index in [1.165, 1.54) is 18.4 Å². The molecule has 0 aromatic heterocycles. The predicted molar refractivity (Wildman–Crippen MR) is 158 cm³/mol. The highest BCUT2D eigenvalue weighted by Crippen LogP contribution is 2.75.